The molecule has 0 amide bonds. The number of hydrogen-bond acceptors (Lipinski definition) is 4. The van der Waals surface area contributed by atoms with Crippen LogP contribution in [0.3, 0.4) is 0 Å². The normalized spacial score (nSPS) is 10.4. The van der Waals surface area contributed by atoms with E-state index in [1.165, 1.54) is 10.5 Å². The van der Waals surface area contributed by atoms with Crippen molar-refractivity contribution in [1.82, 2.24) is 0 Å². The molecule has 0 aliphatic heterocycles. The molecular weight excluding hydrogens is 284 g/mol. The van der Waals surface area contributed by atoms with Crippen molar-refractivity contribution in [2.24, 2.45) is 0 Å². The first-order chi connectivity index (χ1) is 10.1. The van der Waals surface area contributed by atoms with Crippen molar-refractivity contribution in [3.05, 3.63) is 63.7 Å². The first-order valence-electron chi connectivity index (χ1n) is 6.81. The summed E-state index contributed by atoms with van der Waals surface area (Å²) in [6, 6.07) is 13.2. The molecule has 0 saturated heterocycles. The number of hydrogen-bond donors (Lipinski definition) is 1. The minimum atomic E-state index is -0.351. The molecule has 0 unspecified atom stereocenters. The lowest BCUT2D eigenvalue weighted by atomic mass is 10.2. The van der Waals surface area contributed by atoms with Crippen LogP contribution in [0.1, 0.15) is 18.1 Å². The molecule has 0 spiro atoms. The Morgan fingerprint density at radius 2 is 2.05 bits per heavy atom. The smallest absolute Gasteiger partial charge is 0.269 e. The Hall–Kier alpha value is -2.01. The Kier molecular flexibility index (Phi) is 5.22. The molecular formula is C16H18N2O2S. The van der Waals surface area contributed by atoms with E-state index in [1.54, 1.807) is 30.0 Å². The minimum absolute atomic E-state index is 0.136. The molecule has 0 bridgehead atoms. The summed E-state index contributed by atoms with van der Waals surface area (Å²) in [5.41, 5.74) is 3.27. The van der Waals surface area contributed by atoms with Gasteiger partial charge in [0.05, 0.1) is 4.92 Å². The van der Waals surface area contributed by atoms with Gasteiger partial charge in [0, 0.05) is 35.0 Å². The molecule has 21 heavy (non-hydrogen) atoms. The fourth-order valence-electron chi connectivity index (χ4n) is 2.04. The molecule has 5 heteroatoms. The molecule has 1 N–H and O–H groups in total. The van der Waals surface area contributed by atoms with E-state index in [4.69, 9.17) is 0 Å². The standard InChI is InChI=1S/C16H18N2O2S/c1-3-17-16-8-7-14(18(19)20)10-13(16)11-21-15-6-4-5-12(2)9-15/h4-10,17H,3,11H2,1-2H3. The summed E-state index contributed by atoms with van der Waals surface area (Å²) in [7, 11) is 0. The van der Waals surface area contributed by atoms with Crippen LogP contribution in [-0.2, 0) is 5.75 Å². The average Bonchev–Trinajstić information content (AvgIpc) is 2.46. The van der Waals surface area contributed by atoms with Gasteiger partial charge in [-0.2, -0.15) is 0 Å². The lowest BCUT2D eigenvalue weighted by Gasteiger charge is -2.10. The van der Waals surface area contributed by atoms with E-state index in [-0.39, 0.29) is 10.6 Å². The number of nitro groups is 1. The third-order valence-electron chi connectivity index (χ3n) is 3.05. The summed E-state index contributed by atoms with van der Waals surface area (Å²) in [6.07, 6.45) is 0. The number of rotatable bonds is 6. The summed E-state index contributed by atoms with van der Waals surface area (Å²) < 4.78 is 0. The Bertz CT molecular complexity index is 644. The SMILES string of the molecule is CCNc1ccc([N+](=O)[O-])cc1CSc1cccc(C)c1. The van der Waals surface area contributed by atoms with Gasteiger partial charge in [-0.15, -0.1) is 11.8 Å². The molecule has 0 aliphatic rings. The van der Waals surface area contributed by atoms with E-state index in [0.29, 0.717) is 5.75 Å². The summed E-state index contributed by atoms with van der Waals surface area (Å²) >= 11 is 1.69. The van der Waals surface area contributed by atoms with Gasteiger partial charge in [-0.1, -0.05) is 17.7 Å². The van der Waals surface area contributed by atoms with Crippen LogP contribution in [-0.4, -0.2) is 11.5 Å². The van der Waals surface area contributed by atoms with Gasteiger partial charge in [-0.05, 0) is 37.6 Å². The van der Waals surface area contributed by atoms with E-state index in [2.05, 4.69) is 30.4 Å². The summed E-state index contributed by atoms with van der Waals surface area (Å²) in [5.74, 6) is 0.702. The second kappa shape index (κ2) is 7.13. The monoisotopic (exact) mass is 302 g/mol. The van der Waals surface area contributed by atoms with Crippen molar-refractivity contribution in [1.29, 1.82) is 0 Å². The van der Waals surface area contributed by atoms with Gasteiger partial charge >= 0.3 is 0 Å². The average molecular weight is 302 g/mol. The first-order valence-corrected chi connectivity index (χ1v) is 7.79. The van der Waals surface area contributed by atoms with Gasteiger partial charge in [0.2, 0.25) is 0 Å². The molecule has 2 aromatic rings. The lowest BCUT2D eigenvalue weighted by Crippen LogP contribution is -2.01. The predicted molar refractivity (Wildman–Crippen MR) is 88.0 cm³/mol. The van der Waals surface area contributed by atoms with Gasteiger partial charge in [0.25, 0.3) is 5.69 Å². The van der Waals surface area contributed by atoms with Gasteiger partial charge in [0.15, 0.2) is 0 Å². The fourth-order valence-corrected chi connectivity index (χ4v) is 3.05. The van der Waals surface area contributed by atoms with Crippen LogP contribution in [0.15, 0.2) is 47.4 Å². The largest absolute Gasteiger partial charge is 0.385 e. The van der Waals surface area contributed by atoms with Gasteiger partial charge in [0.1, 0.15) is 0 Å². The molecule has 0 saturated carbocycles. The van der Waals surface area contributed by atoms with Crippen LogP contribution < -0.4 is 5.32 Å². The zero-order chi connectivity index (χ0) is 15.2. The predicted octanol–water partition coefficient (Wildman–Crippen LogP) is 4.63. The second-order valence-corrected chi connectivity index (χ2v) is 5.78. The molecule has 0 aromatic heterocycles. The third kappa shape index (κ3) is 4.23. The summed E-state index contributed by atoms with van der Waals surface area (Å²) in [5, 5.41) is 14.2. The van der Waals surface area contributed by atoms with Crippen LogP contribution in [0.4, 0.5) is 11.4 Å². The topological polar surface area (TPSA) is 55.2 Å². The number of anilines is 1. The molecule has 0 heterocycles. The van der Waals surface area contributed by atoms with Gasteiger partial charge in [-0.25, -0.2) is 0 Å². The molecule has 2 aromatic carbocycles. The van der Waals surface area contributed by atoms with Gasteiger partial charge < -0.3 is 5.32 Å². The maximum atomic E-state index is 10.9. The van der Waals surface area contributed by atoms with Crippen LogP contribution >= 0.6 is 11.8 Å². The molecule has 0 aliphatic carbocycles. The molecule has 0 radical (unpaired) electrons. The third-order valence-corrected chi connectivity index (χ3v) is 4.09. The highest BCUT2D eigenvalue weighted by Crippen LogP contribution is 2.29. The van der Waals surface area contributed by atoms with Crippen LogP contribution in [0, 0.1) is 17.0 Å². The maximum Gasteiger partial charge on any atom is 0.269 e. The van der Waals surface area contributed by atoms with E-state index >= 15 is 0 Å². The quantitative estimate of drug-likeness (QED) is 0.480. The lowest BCUT2D eigenvalue weighted by molar-refractivity contribution is -0.384. The highest BCUT2D eigenvalue weighted by molar-refractivity contribution is 7.98. The van der Waals surface area contributed by atoms with E-state index in [1.807, 2.05) is 13.0 Å². The highest BCUT2D eigenvalue weighted by Gasteiger charge is 2.11. The van der Waals surface area contributed by atoms with Crippen molar-refractivity contribution >= 4 is 23.1 Å². The Morgan fingerprint density at radius 1 is 1.24 bits per heavy atom. The summed E-state index contributed by atoms with van der Waals surface area (Å²) in [6.45, 7) is 4.86. The first kappa shape index (κ1) is 15.4. The van der Waals surface area contributed by atoms with E-state index in [9.17, 15) is 10.1 Å². The Morgan fingerprint density at radius 3 is 2.71 bits per heavy atom. The number of aryl methyl sites for hydroxylation is 1. The van der Waals surface area contributed by atoms with Gasteiger partial charge in [-0.3, -0.25) is 10.1 Å². The number of benzene rings is 2. The van der Waals surface area contributed by atoms with Crippen molar-refractivity contribution in [2.45, 2.75) is 24.5 Å². The highest BCUT2D eigenvalue weighted by atomic mass is 32.2. The number of thioether (sulfide) groups is 1. The molecule has 2 rings (SSSR count). The van der Waals surface area contributed by atoms with Crippen LogP contribution in [0.5, 0.6) is 0 Å². The van der Waals surface area contributed by atoms with Crippen molar-refractivity contribution in [3.63, 3.8) is 0 Å². The minimum Gasteiger partial charge on any atom is -0.385 e. The molecule has 0 atom stereocenters. The summed E-state index contributed by atoms with van der Waals surface area (Å²) in [4.78, 5) is 11.7. The Labute approximate surface area is 128 Å². The Balaban J connectivity index is 2.20. The maximum absolute atomic E-state index is 10.9. The van der Waals surface area contributed by atoms with Crippen molar-refractivity contribution in [2.75, 3.05) is 11.9 Å². The van der Waals surface area contributed by atoms with Crippen LogP contribution in [0.2, 0.25) is 0 Å². The molecule has 4 nitrogen and oxygen atoms in total. The fraction of sp³-hybridized carbons (Fsp3) is 0.250. The van der Waals surface area contributed by atoms with Crippen LogP contribution in [0.25, 0.3) is 0 Å². The molecule has 110 valence electrons. The number of nitro benzene ring substituents is 1. The second-order valence-electron chi connectivity index (χ2n) is 4.73. The van der Waals surface area contributed by atoms with Crippen molar-refractivity contribution in [3.8, 4) is 0 Å². The number of nitrogens with one attached hydrogen (secondary N) is 1. The zero-order valence-electron chi connectivity index (χ0n) is 12.1. The van der Waals surface area contributed by atoms with E-state index in [0.717, 1.165) is 17.8 Å². The molecule has 0 fully saturated rings. The van der Waals surface area contributed by atoms with Crippen molar-refractivity contribution < 1.29 is 4.92 Å². The zero-order valence-corrected chi connectivity index (χ0v) is 12.9. The van der Waals surface area contributed by atoms with E-state index < -0.39 is 0 Å². The number of non-ortho nitro benzene ring substituents is 1. The number of nitrogens with zero attached hydrogens (tertiary/aromatic N) is 1.